The van der Waals surface area contributed by atoms with Gasteiger partial charge in [0.25, 0.3) is 0 Å². The predicted molar refractivity (Wildman–Crippen MR) is 87.3 cm³/mol. The van der Waals surface area contributed by atoms with Crippen LogP contribution in [0.25, 0.3) is 0 Å². The highest BCUT2D eigenvalue weighted by Crippen LogP contribution is 2.18. The molecule has 21 heavy (non-hydrogen) atoms. The maximum Gasteiger partial charge on any atom is 0.341 e. The topological polar surface area (TPSA) is 35.6 Å². The zero-order valence-corrected chi connectivity index (χ0v) is 12.5. The molecule has 4 heteroatoms. The van der Waals surface area contributed by atoms with Crippen LogP contribution < -0.4 is 10.3 Å². The van der Waals surface area contributed by atoms with Crippen LogP contribution in [-0.2, 0) is 0 Å². The normalized spacial score (nSPS) is 10.4. The Balaban J connectivity index is 2.25. The van der Waals surface area contributed by atoms with Crippen LogP contribution >= 0.6 is 0 Å². The van der Waals surface area contributed by atoms with Crippen LogP contribution in [0.15, 0.2) is 60.7 Å². The largest absolute Gasteiger partial charge is 0.341 e. The van der Waals surface area contributed by atoms with E-state index in [0.717, 1.165) is 24.5 Å². The van der Waals surface area contributed by atoms with Crippen LogP contribution in [0.4, 0.5) is 16.2 Å². The molecule has 0 saturated heterocycles. The second kappa shape index (κ2) is 7.45. The van der Waals surface area contributed by atoms with Gasteiger partial charge in [-0.2, -0.15) is 0 Å². The Labute approximate surface area is 126 Å². The van der Waals surface area contributed by atoms with E-state index in [2.05, 4.69) is 5.32 Å². The van der Waals surface area contributed by atoms with Crippen LogP contribution in [0.3, 0.4) is 0 Å². The van der Waals surface area contributed by atoms with Crippen molar-refractivity contribution in [3.05, 3.63) is 60.7 Å². The van der Waals surface area contributed by atoms with Gasteiger partial charge in [-0.1, -0.05) is 50.2 Å². The molecule has 110 valence electrons. The molecule has 0 unspecified atom stereocenters. The summed E-state index contributed by atoms with van der Waals surface area (Å²) in [4.78, 5) is 12.6. The number of amides is 2. The highest BCUT2D eigenvalue weighted by Gasteiger charge is 2.21. The van der Waals surface area contributed by atoms with E-state index in [1.54, 1.807) is 5.01 Å². The summed E-state index contributed by atoms with van der Waals surface area (Å²) in [6.07, 6.45) is 0. The molecule has 0 aliphatic rings. The van der Waals surface area contributed by atoms with Crippen molar-refractivity contribution in [3.63, 3.8) is 0 Å². The third-order valence-corrected chi connectivity index (χ3v) is 3.23. The quantitative estimate of drug-likeness (QED) is 0.842. The summed E-state index contributed by atoms with van der Waals surface area (Å²) in [7, 11) is 0. The Morgan fingerprint density at radius 2 is 1.43 bits per heavy atom. The first-order chi connectivity index (χ1) is 10.3. The summed E-state index contributed by atoms with van der Waals surface area (Å²) in [5.41, 5.74) is 1.64. The number of anilines is 2. The molecule has 0 aliphatic carbocycles. The molecule has 0 fully saturated rings. The maximum absolute atomic E-state index is 12.6. The lowest BCUT2D eigenvalue weighted by molar-refractivity contribution is 0.227. The van der Waals surface area contributed by atoms with Crippen molar-refractivity contribution in [2.75, 3.05) is 23.4 Å². The van der Waals surface area contributed by atoms with E-state index in [1.165, 1.54) is 0 Å². The van der Waals surface area contributed by atoms with Crippen LogP contribution in [0.2, 0.25) is 0 Å². The SMILES string of the molecule is CCN(CC)N(C(=O)Nc1ccccc1)c1ccccc1. The molecule has 0 saturated carbocycles. The highest BCUT2D eigenvalue weighted by atomic mass is 16.2. The number of para-hydroxylation sites is 2. The molecule has 2 amide bonds. The Morgan fingerprint density at radius 1 is 0.905 bits per heavy atom. The molecule has 0 atom stereocenters. The number of benzene rings is 2. The average Bonchev–Trinajstić information content (AvgIpc) is 2.54. The molecule has 4 nitrogen and oxygen atoms in total. The molecule has 2 aromatic rings. The van der Waals surface area contributed by atoms with E-state index in [1.807, 2.05) is 79.5 Å². The summed E-state index contributed by atoms with van der Waals surface area (Å²) >= 11 is 0. The predicted octanol–water partition coefficient (Wildman–Crippen LogP) is 3.98. The van der Waals surface area contributed by atoms with E-state index in [9.17, 15) is 4.79 Å². The van der Waals surface area contributed by atoms with Gasteiger partial charge in [-0.3, -0.25) is 0 Å². The fourth-order valence-corrected chi connectivity index (χ4v) is 2.18. The zero-order chi connectivity index (χ0) is 15.1. The number of carbonyl (C=O) groups is 1. The molecule has 2 rings (SSSR count). The van der Waals surface area contributed by atoms with E-state index < -0.39 is 0 Å². The number of rotatable bonds is 5. The van der Waals surface area contributed by atoms with Crippen LogP contribution in [-0.4, -0.2) is 24.1 Å². The van der Waals surface area contributed by atoms with E-state index in [4.69, 9.17) is 0 Å². The fraction of sp³-hybridized carbons (Fsp3) is 0.235. The van der Waals surface area contributed by atoms with Crippen molar-refractivity contribution >= 4 is 17.4 Å². The molecule has 0 aliphatic heterocycles. The number of hydrazine groups is 1. The summed E-state index contributed by atoms with van der Waals surface area (Å²) in [5.74, 6) is 0. The van der Waals surface area contributed by atoms with Gasteiger partial charge in [-0.25, -0.2) is 14.8 Å². The zero-order valence-electron chi connectivity index (χ0n) is 12.5. The van der Waals surface area contributed by atoms with Gasteiger partial charge in [0, 0.05) is 18.8 Å². The van der Waals surface area contributed by atoms with Gasteiger partial charge in [-0.05, 0) is 24.3 Å². The second-order valence-corrected chi connectivity index (χ2v) is 4.58. The maximum atomic E-state index is 12.6. The Morgan fingerprint density at radius 3 is 1.95 bits per heavy atom. The van der Waals surface area contributed by atoms with Crippen LogP contribution in [0, 0.1) is 0 Å². The first-order valence-corrected chi connectivity index (χ1v) is 7.22. The van der Waals surface area contributed by atoms with Crippen LogP contribution in [0.5, 0.6) is 0 Å². The summed E-state index contributed by atoms with van der Waals surface area (Å²) in [5, 5.41) is 6.62. The van der Waals surface area contributed by atoms with Crippen molar-refractivity contribution in [2.45, 2.75) is 13.8 Å². The van der Waals surface area contributed by atoms with E-state index in [0.29, 0.717) is 0 Å². The fourth-order valence-electron chi connectivity index (χ4n) is 2.18. The van der Waals surface area contributed by atoms with Gasteiger partial charge >= 0.3 is 6.03 Å². The van der Waals surface area contributed by atoms with Gasteiger partial charge in [0.05, 0.1) is 5.69 Å². The van der Waals surface area contributed by atoms with Crippen molar-refractivity contribution in [3.8, 4) is 0 Å². The molecule has 1 N–H and O–H groups in total. The first-order valence-electron chi connectivity index (χ1n) is 7.22. The minimum atomic E-state index is -0.156. The number of nitrogens with zero attached hydrogens (tertiary/aromatic N) is 2. The molecule has 0 bridgehead atoms. The molecular formula is C17H21N3O. The molecule has 2 aromatic carbocycles. The van der Waals surface area contributed by atoms with E-state index in [-0.39, 0.29) is 6.03 Å². The summed E-state index contributed by atoms with van der Waals surface area (Å²) in [6.45, 7) is 5.59. The molecule has 0 spiro atoms. The van der Waals surface area contributed by atoms with Gasteiger partial charge in [0.1, 0.15) is 0 Å². The Hall–Kier alpha value is -2.33. The second-order valence-electron chi connectivity index (χ2n) is 4.58. The highest BCUT2D eigenvalue weighted by molar-refractivity contribution is 6.01. The number of nitrogens with one attached hydrogen (secondary N) is 1. The van der Waals surface area contributed by atoms with E-state index >= 15 is 0 Å². The number of urea groups is 1. The minimum Gasteiger partial charge on any atom is -0.306 e. The van der Waals surface area contributed by atoms with Gasteiger partial charge in [-0.15, -0.1) is 0 Å². The molecular weight excluding hydrogens is 262 g/mol. The van der Waals surface area contributed by atoms with Gasteiger partial charge in [0.2, 0.25) is 0 Å². The Kier molecular flexibility index (Phi) is 5.35. The number of hydrogen-bond acceptors (Lipinski definition) is 2. The summed E-state index contributed by atoms with van der Waals surface area (Å²) < 4.78 is 0. The van der Waals surface area contributed by atoms with Gasteiger partial charge < -0.3 is 5.32 Å². The molecule has 0 heterocycles. The lowest BCUT2D eigenvalue weighted by Crippen LogP contribution is -2.48. The van der Waals surface area contributed by atoms with Crippen molar-refractivity contribution < 1.29 is 4.79 Å². The van der Waals surface area contributed by atoms with Gasteiger partial charge in [0.15, 0.2) is 0 Å². The Bertz CT molecular complexity index is 553. The minimum absolute atomic E-state index is 0.156. The smallest absolute Gasteiger partial charge is 0.306 e. The van der Waals surface area contributed by atoms with Crippen molar-refractivity contribution in [1.29, 1.82) is 0 Å². The van der Waals surface area contributed by atoms with Crippen molar-refractivity contribution in [1.82, 2.24) is 5.01 Å². The average molecular weight is 283 g/mol. The molecule has 0 aromatic heterocycles. The summed E-state index contributed by atoms with van der Waals surface area (Å²) in [6, 6.07) is 19.0. The molecule has 0 radical (unpaired) electrons. The van der Waals surface area contributed by atoms with Crippen molar-refractivity contribution in [2.24, 2.45) is 0 Å². The van der Waals surface area contributed by atoms with Crippen LogP contribution in [0.1, 0.15) is 13.8 Å². The third-order valence-electron chi connectivity index (χ3n) is 3.23. The standard InChI is InChI=1S/C17H21N3O/c1-3-19(4-2)20(16-13-9-6-10-14-16)17(21)18-15-11-7-5-8-12-15/h5-14H,3-4H2,1-2H3,(H,18,21). The lowest BCUT2D eigenvalue weighted by atomic mass is 10.3. The number of carbonyl (C=O) groups excluding carboxylic acids is 1. The lowest BCUT2D eigenvalue weighted by Gasteiger charge is -2.33. The third kappa shape index (κ3) is 3.83. The first kappa shape index (κ1) is 15.1. The monoisotopic (exact) mass is 283 g/mol. The number of hydrogen-bond donors (Lipinski definition) is 1.